The molecule has 0 N–H and O–H groups in total. The molecule has 1 unspecified atom stereocenters. The van der Waals surface area contributed by atoms with Crippen molar-refractivity contribution >= 4 is 25.2 Å². The maximum Gasteiger partial charge on any atom is 0.322 e. The molecule has 1 aromatic heterocycles. The summed E-state index contributed by atoms with van der Waals surface area (Å²) < 4.78 is 26.9. The zero-order valence-electron chi connectivity index (χ0n) is 29.2. The van der Waals surface area contributed by atoms with Crippen molar-refractivity contribution in [2.75, 3.05) is 13.2 Å². The normalized spacial score (nSPS) is 12.4. The highest BCUT2D eigenvalue weighted by Crippen LogP contribution is 2.42. The molecule has 4 rings (SSSR count). The van der Waals surface area contributed by atoms with Crippen molar-refractivity contribution in [1.82, 2.24) is 10.0 Å². The smallest absolute Gasteiger partial charge is 0.322 e. The lowest BCUT2D eigenvalue weighted by molar-refractivity contribution is -0.187. The van der Waals surface area contributed by atoms with Crippen LogP contribution in [-0.2, 0) is 27.0 Å². The van der Waals surface area contributed by atoms with E-state index in [1.807, 2.05) is 24.3 Å². The molecule has 0 saturated carbocycles. The van der Waals surface area contributed by atoms with Gasteiger partial charge in [0.05, 0.1) is 31.3 Å². The van der Waals surface area contributed by atoms with Crippen LogP contribution in [0.1, 0.15) is 76.2 Å². The lowest BCUT2D eigenvalue weighted by atomic mass is 10.1. The van der Waals surface area contributed by atoms with Crippen molar-refractivity contribution in [1.29, 1.82) is 0 Å². The number of halogens is 1. The second kappa shape index (κ2) is 17.4. The molecule has 0 bridgehead atoms. The molecule has 0 spiro atoms. The second-order valence-electron chi connectivity index (χ2n) is 13.7. The third kappa shape index (κ3) is 11.3. The monoisotopic (exact) mass is 668 g/mol. The maximum absolute atomic E-state index is 13.4. The van der Waals surface area contributed by atoms with Gasteiger partial charge in [-0.2, -0.15) is 0 Å². The number of pyridine rings is 1. The van der Waals surface area contributed by atoms with Gasteiger partial charge in [-0.3, -0.25) is 4.79 Å². The van der Waals surface area contributed by atoms with Gasteiger partial charge in [-0.1, -0.05) is 93.3 Å². The first-order chi connectivity index (χ1) is 22.9. The van der Waals surface area contributed by atoms with E-state index in [2.05, 4.69) is 82.1 Å². The Labute approximate surface area is 286 Å². The van der Waals surface area contributed by atoms with Gasteiger partial charge in [0.2, 0.25) is 5.88 Å². The summed E-state index contributed by atoms with van der Waals surface area (Å²) in [7, 11) is -2.24. The summed E-state index contributed by atoms with van der Waals surface area (Å²) >= 11 is 0. The number of rotatable bonds is 15. The summed E-state index contributed by atoms with van der Waals surface area (Å²) in [6, 6.07) is 26.9. The largest absolute Gasteiger partial charge is 0.477 e. The van der Waals surface area contributed by atoms with Crippen LogP contribution in [0.3, 0.4) is 0 Å². The molecule has 0 fully saturated rings. The molecule has 48 heavy (non-hydrogen) atoms. The SMILES string of the molecule is CC(=O)ON(CC#CCC(O[Si](C)(C)C(C)(C)C)c1cc2ccccc2nc1OCCCCCc1ccccc1)Cc1ccc(F)cc1. The minimum absolute atomic E-state index is 0.0238. The zero-order chi connectivity index (χ0) is 34.6. The Balaban J connectivity index is 1.54. The lowest BCUT2D eigenvalue weighted by Crippen LogP contribution is -2.41. The summed E-state index contributed by atoms with van der Waals surface area (Å²) in [6.07, 6.45) is 4.18. The maximum atomic E-state index is 13.4. The van der Waals surface area contributed by atoms with E-state index in [9.17, 15) is 9.18 Å². The molecule has 254 valence electrons. The number of nitrogens with zero attached hydrogens (tertiary/aromatic N) is 2. The number of carbonyl (C=O) groups excluding carboxylic acids is 1. The van der Waals surface area contributed by atoms with E-state index in [4.69, 9.17) is 19.0 Å². The van der Waals surface area contributed by atoms with Crippen LogP contribution < -0.4 is 4.74 Å². The number of hydrogen-bond donors (Lipinski definition) is 0. The molecule has 1 heterocycles. The van der Waals surface area contributed by atoms with Crippen LogP contribution in [0.5, 0.6) is 5.88 Å². The number of hydroxylamine groups is 2. The summed E-state index contributed by atoms with van der Waals surface area (Å²) in [5, 5.41) is 2.47. The van der Waals surface area contributed by atoms with Gasteiger partial charge in [0.25, 0.3) is 0 Å². The molecule has 0 amide bonds. The van der Waals surface area contributed by atoms with Crippen molar-refractivity contribution in [3.8, 4) is 17.7 Å². The van der Waals surface area contributed by atoms with Crippen LogP contribution >= 0.6 is 0 Å². The van der Waals surface area contributed by atoms with Gasteiger partial charge in [-0.15, -0.1) is 5.06 Å². The highest BCUT2D eigenvalue weighted by molar-refractivity contribution is 6.74. The molecule has 6 nitrogen and oxygen atoms in total. The molecule has 0 saturated heterocycles. The number of para-hydroxylation sites is 1. The molecule has 3 aromatic carbocycles. The van der Waals surface area contributed by atoms with E-state index in [0.29, 0.717) is 18.9 Å². The predicted octanol–water partition coefficient (Wildman–Crippen LogP) is 9.60. The minimum Gasteiger partial charge on any atom is -0.477 e. The fraction of sp³-hybridized carbons (Fsp3) is 0.400. The highest BCUT2D eigenvalue weighted by Gasteiger charge is 2.40. The second-order valence-corrected chi connectivity index (χ2v) is 18.4. The van der Waals surface area contributed by atoms with Crippen LogP contribution in [0.25, 0.3) is 10.9 Å². The number of aryl methyl sites for hydroxylation is 1. The highest BCUT2D eigenvalue weighted by atomic mass is 28.4. The van der Waals surface area contributed by atoms with Crippen LogP contribution in [0.15, 0.2) is 84.9 Å². The first-order valence-corrected chi connectivity index (χ1v) is 19.7. The number of hydrogen-bond acceptors (Lipinski definition) is 6. The predicted molar refractivity (Wildman–Crippen MR) is 193 cm³/mol. The summed E-state index contributed by atoms with van der Waals surface area (Å²) in [6.45, 7) is 13.5. The molecular formula is C40H49FN2O4Si. The van der Waals surface area contributed by atoms with Gasteiger partial charge < -0.3 is 14.0 Å². The van der Waals surface area contributed by atoms with E-state index in [-0.39, 0.29) is 30.0 Å². The number of carbonyl (C=O) groups is 1. The van der Waals surface area contributed by atoms with Crippen molar-refractivity contribution in [2.24, 2.45) is 0 Å². The Bertz CT molecular complexity index is 1680. The summed E-state index contributed by atoms with van der Waals surface area (Å²) in [5.41, 5.74) is 3.92. The topological polar surface area (TPSA) is 60.9 Å². The van der Waals surface area contributed by atoms with Gasteiger partial charge in [0, 0.05) is 24.3 Å². The number of benzene rings is 3. The third-order valence-electron chi connectivity index (χ3n) is 8.70. The Kier molecular flexibility index (Phi) is 13.3. The van der Waals surface area contributed by atoms with E-state index >= 15 is 0 Å². The van der Waals surface area contributed by atoms with E-state index in [1.165, 1.54) is 29.7 Å². The number of unbranched alkanes of at least 4 members (excludes halogenated alkanes) is 2. The number of ether oxygens (including phenoxy) is 1. The minimum atomic E-state index is -2.24. The van der Waals surface area contributed by atoms with Gasteiger partial charge in [-0.05, 0) is 79.2 Å². The fourth-order valence-electron chi connectivity index (χ4n) is 5.03. The lowest BCUT2D eigenvalue weighted by Gasteiger charge is -2.39. The van der Waals surface area contributed by atoms with Crippen molar-refractivity contribution in [3.05, 3.63) is 107 Å². The number of aromatic nitrogens is 1. The molecule has 0 aliphatic carbocycles. The Morgan fingerprint density at radius 3 is 2.33 bits per heavy atom. The average Bonchev–Trinajstić information content (AvgIpc) is 3.04. The van der Waals surface area contributed by atoms with E-state index in [0.717, 1.165) is 47.7 Å². The average molecular weight is 669 g/mol. The van der Waals surface area contributed by atoms with Crippen LogP contribution in [-0.4, -0.2) is 37.5 Å². The molecule has 1 atom stereocenters. The van der Waals surface area contributed by atoms with Crippen molar-refractivity contribution in [3.63, 3.8) is 0 Å². The fourth-order valence-corrected chi connectivity index (χ4v) is 6.31. The van der Waals surface area contributed by atoms with Gasteiger partial charge >= 0.3 is 5.97 Å². The Morgan fingerprint density at radius 1 is 0.917 bits per heavy atom. The Hall–Kier alpha value is -4.03. The summed E-state index contributed by atoms with van der Waals surface area (Å²) in [5.74, 6) is 6.31. The van der Waals surface area contributed by atoms with Gasteiger partial charge in [0.15, 0.2) is 8.32 Å². The zero-order valence-corrected chi connectivity index (χ0v) is 30.2. The molecule has 0 radical (unpaired) electrons. The van der Waals surface area contributed by atoms with Crippen molar-refractivity contribution in [2.45, 2.75) is 90.6 Å². The van der Waals surface area contributed by atoms with E-state index in [1.54, 1.807) is 12.1 Å². The first-order valence-electron chi connectivity index (χ1n) is 16.8. The summed E-state index contributed by atoms with van der Waals surface area (Å²) in [4.78, 5) is 22.2. The van der Waals surface area contributed by atoms with Crippen LogP contribution in [0, 0.1) is 17.7 Å². The molecule has 4 aromatic rings. The van der Waals surface area contributed by atoms with Crippen molar-refractivity contribution < 1.29 is 23.2 Å². The molecule has 0 aliphatic rings. The molecule has 0 aliphatic heterocycles. The third-order valence-corrected chi connectivity index (χ3v) is 13.2. The quantitative estimate of drug-likeness (QED) is 0.0544. The van der Waals surface area contributed by atoms with Crippen LogP contribution in [0.2, 0.25) is 18.1 Å². The molecular weight excluding hydrogens is 620 g/mol. The van der Waals surface area contributed by atoms with Crippen LogP contribution in [0.4, 0.5) is 4.39 Å². The van der Waals surface area contributed by atoms with Gasteiger partial charge in [-0.25, -0.2) is 9.37 Å². The standard InChI is InChI=1S/C40H49FN2O4Si/c1-31(44)46-43(30-33-23-25-35(41)26-24-33)27-15-14-22-38(47-48(5,6)40(2,3)4)36-29-34-20-12-13-21-37(34)42-39(36)45-28-16-8-11-19-32-17-9-7-10-18-32/h7,9-10,12-13,17-18,20-21,23-26,29,38H,8,11,16,19,22,27-28,30H2,1-6H3. The van der Waals surface area contributed by atoms with E-state index < -0.39 is 14.3 Å². The molecule has 8 heteroatoms. The number of fused-ring (bicyclic) bond motifs is 1. The van der Waals surface area contributed by atoms with Gasteiger partial charge in [0.1, 0.15) is 5.82 Å². The Morgan fingerprint density at radius 2 is 1.62 bits per heavy atom. The first kappa shape index (κ1) is 36.8.